The van der Waals surface area contributed by atoms with Crippen molar-refractivity contribution < 1.29 is 82.3 Å². The van der Waals surface area contributed by atoms with Crippen LogP contribution in [0.5, 0.6) is 23.0 Å². The second-order valence-corrected chi connectivity index (χ2v) is 25.9. The molecule has 11 atom stereocenters. The number of alkyl halides is 9. The van der Waals surface area contributed by atoms with Gasteiger partial charge in [-0.3, -0.25) is 9.59 Å². The SMILES string of the molecule is CCOc1c(OC)cc(Br)nc1C(=O)NC1CC2CC1C[C@@H]2COCc1cccc(C(F)(F)F)c1.CCOc1c(OC)cc(Br)nc1C(=O)NC1CC2CC1[C@@H](COCc1cccc(C(F)(F)F)c1)C2.CN.FC(F)(F)c1cccc(COC[C@H]2CC3CCC2C3)c1. The van der Waals surface area contributed by atoms with Crippen LogP contribution >= 0.6 is 31.9 Å². The van der Waals surface area contributed by atoms with Crippen molar-refractivity contribution in [2.75, 3.05) is 54.3 Å². The van der Waals surface area contributed by atoms with Crippen molar-refractivity contribution in [2.45, 2.75) is 128 Å². The molecule has 2 aromatic heterocycles. The Bertz CT molecular complexity index is 3250. The van der Waals surface area contributed by atoms with Gasteiger partial charge in [0, 0.05) is 24.2 Å². The number of hydrogen-bond acceptors (Lipinski definition) is 12. The number of ether oxygens (including phenoxy) is 7. The number of amides is 2. The predicted octanol–water partition coefficient (Wildman–Crippen LogP) is 15.5. The number of rotatable bonds is 22. The summed E-state index contributed by atoms with van der Waals surface area (Å²) in [7, 11) is 4.52. The number of pyridine rings is 2. The molecule has 2 amide bonds. The van der Waals surface area contributed by atoms with Gasteiger partial charge < -0.3 is 49.5 Å². The van der Waals surface area contributed by atoms with Crippen LogP contribution in [0.15, 0.2) is 94.1 Å². The first-order valence-electron chi connectivity index (χ1n) is 31.1. The molecule has 0 spiro atoms. The Hall–Kier alpha value is -5.73. The lowest BCUT2D eigenvalue weighted by Crippen LogP contribution is -2.42. The maximum atomic E-state index is 13.2. The van der Waals surface area contributed by atoms with Gasteiger partial charge in [-0.25, -0.2) is 9.97 Å². The lowest BCUT2D eigenvalue weighted by molar-refractivity contribution is -0.138. The molecule has 6 bridgehead atoms. The van der Waals surface area contributed by atoms with E-state index in [9.17, 15) is 49.1 Å². The Balaban J connectivity index is 0.000000181. The first-order chi connectivity index (χ1) is 43.9. The largest absolute Gasteiger partial charge is 0.493 e. The molecule has 6 saturated carbocycles. The van der Waals surface area contributed by atoms with E-state index in [-0.39, 0.29) is 66.9 Å². The number of carbonyl (C=O) groups is 2. The summed E-state index contributed by atoms with van der Waals surface area (Å²) in [6.45, 7) is 6.55. The van der Waals surface area contributed by atoms with Gasteiger partial charge in [-0.05, 0) is 217 Å². The molecule has 25 heteroatoms. The summed E-state index contributed by atoms with van der Waals surface area (Å²) >= 11 is 6.64. The highest BCUT2D eigenvalue weighted by atomic mass is 79.9. The topological polar surface area (TPSA) is 175 Å². The van der Waals surface area contributed by atoms with Gasteiger partial charge in [-0.1, -0.05) is 42.8 Å². The van der Waals surface area contributed by atoms with Crippen molar-refractivity contribution in [1.29, 1.82) is 0 Å². The lowest BCUT2D eigenvalue weighted by Gasteiger charge is -2.30. The molecule has 11 rings (SSSR count). The first-order valence-corrected chi connectivity index (χ1v) is 32.6. The van der Waals surface area contributed by atoms with E-state index in [0.717, 1.165) is 80.7 Å². The molecule has 5 aromatic rings. The van der Waals surface area contributed by atoms with Crippen molar-refractivity contribution in [3.8, 4) is 23.0 Å². The molecular formula is C67H80Br2F9N5O9. The number of hydrogen-bond donors (Lipinski definition) is 3. The molecule has 6 aliphatic rings. The van der Waals surface area contributed by atoms with E-state index in [1.54, 1.807) is 30.3 Å². The van der Waals surface area contributed by atoms with Crippen LogP contribution < -0.4 is 35.3 Å². The molecule has 14 nitrogen and oxygen atoms in total. The van der Waals surface area contributed by atoms with Gasteiger partial charge in [-0.15, -0.1) is 0 Å². The van der Waals surface area contributed by atoms with Gasteiger partial charge in [0.2, 0.25) is 0 Å². The number of halogens is 11. The molecular weight excluding hydrogens is 1350 g/mol. The van der Waals surface area contributed by atoms with Gasteiger partial charge in [0.15, 0.2) is 34.4 Å². The van der Waals surface area contributed by atoms with Crippen molar-refractivity contribution >= 4 is 43.7 Å². The number of nitrogens with two attached hydrogens (primary N) is 1. The van der Waals surface area contributed by atoms with Crippen LogP contribution in [-0.2, 0) is 52.6 Å². The van der Waals surface area contributed by atoms with Crippen molar-refractivity contribution in [3.05, 3.63) is 139 Å². The average molecular weight is 1430 g/mol. The number of aromatic nitrogens is 2. The number of fused-ring (bicyclic) bond motifs is 6. The minimum atomic E-state index is -4.37. The van der Waals surface area contributed by atoms with Gasteiger partial charge in [0.05, 0.1) is 83.8 Å². The Morgan fingerprint density at radius 2 is 0.946 bits per heavy atom. The van der Waals surface area contributed by atoms with E-state index >= 15 is 0 Å². The predicted molar refractivity (Wildman–Crippen MR) is 333 cm³/mol. The van der Waals surface area contributed by atoms with Crippen LogP contribution in [-0.4, -0.2) is 88.2 Å². The fourth-order valence-corrected chi connectivity index (χ4v) is 15.1. The van der Waals surface area contributed by atoms with Crippen LogP contribution in [0.1, 0.15) is 132 Å². The van der Waals surface area contributed by atoms with Gasteiger partial charge >= 0.3 is 18.5 Å². The summed E-state index contributed by atoms with van der Waals surface area (Å²) in [5.41, 5.74) is 4.51. The van der Waals surface area contributed by atoms with E-state index in [1.165, 1.54) is 71.2 Å². The quantitative estimate of drug-likeness (QED) is 0.0443. The first kappa shape index (κ1) is 72.1. The Morgan fingerprint density at radius 1 is 0.511 bits per heavy atom. The third-order valence-corrected chi connectivity index (χ3v) is 19.1. The second-order valence-electron chi connectivity index (χ2n) is 24.2. The minimum absolute atomic E-state index is 0.0235. The zero-order valence-electron chi connectivity index (χ0n) is 52.0. The van der Waals surface area contributed by atoms with Gasteiger partial charge in [0.25, 0.3) is 11.8 Å². The molecule has 6 aliphatic carbocycles. The molecule has 8 unspecified atom stereocenters. The van der Waals surface area contributed by atoms with Crippen LogP contribution in [0.2, 0.25) is 0 Å². The van der Waals surface area contributed by atoms with Crippen LogP contribution in [0.4, 0.5) is 39.5 Å². The Kier molecular flexibility index (Phi) is 25.6. The molecule has 0 aliphatic heterocycles. The standard InChI is InChI=1S/2C25H28BrF3N2O4.C16H19F3O.CH5N/c1-3-35-23-20(33-2)11-21(26)31-22(23)24(32)30-19-10-15-7-16(18(19)9-15)13-34-12-14-5-4-6-17(8-14)25(27,28)29;1-3-35-23-20(33-2)11-21(26)31-22(23)24(32)30-19-10-15-8-16(19)9-17(15)13-34-12-14-5-4-6-18(7-14)25(27,28)29;17-16(18,19)15-3-1-2-12(8-15)9-20-10-14-7-11-4-5-13(14)6-11;1-2/h4-6,8,11,15-16,18-19H,3,7,9-10,12-13H2,1-2H3,(H,30,32);4-7,11,15-17,19H,3,8-10,12-13H2,1-2H3,(H,30,32);1-3,8,11,13-14H,4-7,9-10H2;2H2,1H3/t15?,16-,18?,19?;15?,16?,17-,19?;11?,13?,14-;/m111./s1. The smallest absolute Gasteiger partial charge is 0.416 e. The average Bonchev–Trinajstić information content (AvgIpc) is 1.58. The highest BCUT2D eigenvalue weighted by Crippen LogP contribution is 2.51. The number of methoxy groups -OCH3 is 2. The molecule has 2 heterocycles. The van der Waals surface area contributed by atoms with Crippen LogP contribution in [0.25, 0.3) is 0 Å². The molecule has 0 radical (unpaired) electrons. The fourth-order valence-electron chi connectivity index (χ4n) is 14.3. The van der Waals surface area contributed by atoms with Crippen LogP contribution in [0.3, 0.4) is 0 Å². The highest BCUT2D eigenvalue weighted by molar-refractivity contribution is 9.10. The molecule has 4 N–H and O–H groups in total. The summed E-state index contributed by atoms with van der Waals surface area (Å²) in [4.78, 5) is 34.9. The molecule has 3 aromatic carbocycles. The van der Waals surface area contributed by atoms with Crippen molar-refractivity contribution in [2.24, 2.45) is 59.0 Å². The van der Waals surface area contributed by atoms with Crippen molar-refractivity contribution in [3.63, 3.8) is 0 Å². The Labute approximate surface area is 547 Å². The zero-order chi connectivity index (χ0) is 66.5. The summed E-state index contributed by atoms with van der Waals surface area (Å²) in [6.07, 6.45) is -2.16. The van der Waals surface area contributed by atoms with E-state index in [2.05, 4.69) is 58.2 Å². The molecule has 92 heavy (non-hydrogen) atoms. The number of nitrogens with zero attached hydrogens (tertiary/aromatic N) is 2. The summed E-state index contributed by atoms with van der Waals surface area (Å²) in [5.74, 6) is 5.19. The van der Waals surface area contributed by atoms with E-state index in [1.807, 2.05) is 13.8 Å². The highest BCUT2D eigenvalue weighted by Gasteiger charge is 2.48. The number of nitrogens with one attached hydrogen (secondary N) is 2. The van der Waals surface area contributed by atoms with Gasteiger partial charge in [0.1, 0.15) is 9.21 Å². The van der Waals surface area contributed by atoms with Crippen molar-refractivity contribution in [1.82, 2.24) is 20.6 Å². The molecule has 0 saturated heterocycles. The number of carbonyl (C=O) groups excluding carboxylic acids is 2. The van der Waals surface area contributed by atoms with Gasteiger partial charge in [-0.2, -0.15) is 39.5 Å². The summed E-state index contributed by atoms with van der Waals surface area (Å²) in [5, 5.41) is 6.25. The third kappa shape index (κ3) is 19.0. The summed E-state index contributed by atoms with van der Waals surface area (Å²) in [6, 6.07) is 19.2. The normalized spacial score (nSPS) is 24.2. The summed E-state index contributed by atoms with van der Waals surface area (Å²) < 4.78 is 156. The molecule has 504 valence electrons. The monoisotopic (exact) mass is 1430 g/mol. The fraction of sp³-hybridized carbons (Fsp3) is 0.552. The Morgan fingerprint density at radius 3 is 1.33 bits per heavy atom. The molecule has 6 fully saturated rings. The van der Waals surface area contributed by atoms with Crippen LogP contribution in [0, 0.1) is 53.3 Å². The lowest BCUT2D eigenvalue weighted by atomic mass is 9.85. The van der Waals surface area contributed by atoms with E-state index in [0.29, 0.717) is 112 Å². The third-order valence-electron chi connectivity index (χ3n) is 18.3. The maximum Gasteiger partial charge on any atom is 0.416 e. The van der Waals surface area contributed by atoms with E-state index in [4.69, 9.17) is 33.2 Å². The zero-order valence-corrected chi connectivity index (χ0v) is 55.1. The minimum Gasteiger partial charge on any atom is -0.493 e. The number of benzene rings is 3. The maximum absolute atomic E-state index is 13.2. The van der Waals surface area contributed by atoms with E-state index < -0.39 is 35.2 Å². The second kappa shape index (κ2) is 32.6.